The molecule has 0 radical (unpaired) electrons. The molecular formula is C20H18N2O3S. The minimum absolute atomic E-state index is 0.0710. The molecule has 0 atom stereocenters. The summed E-state index contributed by atoms with van der Waals surface area (Å²) in [6.45, 7) is 4.23. The highest BCUT2D eigenvalue weighted by atomic mass is 32.2. The number of aliphatic imine (C=N–C) groups is 1. The second-order valence-corrected chi connectivity index (χ2v) is 7.21. The number of hydrogen-bond donors (Lipinski definition) is 0. The van der Waals surface area contributed by atoms with Crippen molar-refractivity contribution >= 4 is 34.6 Å². The maximum absolute atomic E-state index is 13.0. The van der Waals surface area contributed by atoms with Gasteiger partial charge in [0.15, 0.2) is 16.7 Å². The first-order valence-electron chi connectivity index (χ1n) is 8.38. The summed E-state index contributed by atoms with van der Waals surface area (Å²) in [5.74, 6) is 1.36. The van der Waals surface area contributed by atoms with Crippen molar-refractivity contribution in [1.29, 1.82) is 0 Å². The molecule has 0 aromatic heterocycles. The van der Waals surface area contributed by atoms with Crippen LogP contribution in [-0.2, 0) is 4.79 Å². The fourth-order valence-electron chi connectivity index (χ4n) is 2.74. The van der Waals surface area contributed by atoms with Crippen molar-refractivity contribution in [1.82, 2.24) is 0 Å². The zero-order valence-electron chi connectivity index (χ0n) is 14.5. The predicted octanol–water partition coefficient (Wildman–Crippen LogP) is 4.30. The Morgan fingerprint density at radius 2 is 1.88 bits per heavy atom. The molecule has 2 heterocycles. The molecule has 0 aliphatic carbocycles. The zero-order valence-corrected chi connectivity index (χ0v) is 15.3. The van der Waals surface area contributed by atoms with E-state index in [4.69, 9.17) is 9.47 Å². The minimum atomic E-state index is -0.0710. The van der Waals surface area contributed by atoms with E-state index in [-0.39, 0.29) is 18.7 Å². The van der Waals surface area contributed by atoms with E-state index in [1.165, 1.54) is 11.8 Å². The van der Waals surface area contributed by atoms with Gasteiger partial charge in [0.2, 0.25) is 6.79 Å². The lowest BCUT2D eigenvalue weighted by Crippen LogP contribution is -2.29. The van der Waals surface area contributed by atoms with Gasteiger partial charge in [0, 0.05) is 6.04 Å². The molecule has 2 aromatic carbocycles. The highest BCUT2D eigenvalue weighted by Crippen LogP contribution is 2.38. The van der Waals surface area contributed by atoms with E-state index in [1.54, 1.807) is 4.90 Å². The summed E-state index contributed by atoms with van der Waals surface area (Å²) in [6.07, 6.45) is 1.87. The number of carbonyl (C=O) groups is 1. The van der Waals surface area contributed by atoms with E-state index in [1.807, 2.05) is 68.5 Å². The average Bonchev–Trinajstić information content (AvgIpc) is 3.20. The van der Waals surface area contributed by atoms with Crippen LogP contribution < -0.4 is 14.4 Å². The summed E-state index contributed by atoms with van der Waals surface area (Å²) in [5, 5.41) is 0.697. The lowest BCUT2D eigenvalue weighted by atomic mass is 10.2. The summed E-state index contributed by atoms with van der Waals surface area (Å²) >= 11 is 1.39. The third-order valence-corrected chi connectivity index (χ3v) is 4.87. The third-order valence-electron chi connectivity index (χ3n) is 3.88. The van der Waals surface area contributed by atoms with Crippen molar-refractivity contribution in [3.63, 3.8) is 0 Å². The van der Waals surface area contributed by atoms with Crippen LogP contribution in [0.3, 0.4) is 0 Å². The van der Waals surface area contributed by atoms with Gasteiger partial charge in [0.1, 0.15) is 0 Å². The monoisotopic (exact) mass is 366 g/mol. The summed E-state index contributed by atoms with van der Waals surface area (Å²) in [6, 6.07) is 15.3. The quantitative estimate of drug-likeness (QED) is 0.760. The molecule has 4 rings (SSSR count). The molecule has 26 heavy (non-hydrogen) atoms. The van der Waals surface area contributed by atoms with Crippen molar-refractivity contribution in [3.05, 3.63) is 59.0 Å². The second kappa shape index (κ2) is 6.88. The summed E-state index contributed by atoms with van der Waals surface area (Å²) < 4.78 is 10.8. The summed E-state index contributed by atoms with van der Waals surface area (Å²) in [7, 11) is 0. The Labute approximate surface area is 156 Å². The molecule has 1 saturated heterocycles. The van der Waals surface area contributed by atoms with Gasteiger partial charge in [-0.2, -0.15) is 0 Å². The van der Waals surface area contributed by atoms with Crippen LogP contribution in [0.25, 0.3) is 6.08 Å². The summed E-state index contributed by atoms with van der Waals surface area (Å²) in [5.41, 5.74) is 1.71. The van der Waals surface area contributed by atoms with Crippen molar-refractivity contribution in [2.24, 2.45) is 4.99 Å². The Bertz CT molecular complexity index is 907. The maximum atomic E-state index is 13.0. The highest BCUT2D eigenvalue weighted by molar-refractivity contribution is 8.19. The normalized spacial score (nSPS) is 19.2. The molecule has 0 saturated carbocycles. The Morgan fingerprint density at radius 1 is 1.12 bits per heavy atom. The van der Waals surface area contributed by atoms with Gasteiger partial charge < -0.3 is 9.47 Å². The van der Waals surface area contributed by atoms with Crippen LogP contribution in [0.5, 0.6) is 11.5 Å². The number of thioether (sulfide) groups is 1. The zero-order chi connectivity index (χ0) is 18.1. The largest absolute Gasteiger partial charge is 0.454 e. The van der Waals surface area contributed by atoms with Crippen LogP contribution in [-0.4, -0.2) is 23.9 Å². The topological polar surface area (TPSA) is 51.1 Å². The molecular weight excluding hydrogens is 348 g/mol. The molecule has 5 nitrogen and oxygen atoms in total. The Balaban J connectivity index is 1.71. The van der Waals surface area contributed by atoms with E-state index in [0.29, 0.717) is 15.8 Å². The standard InChI is InChI=1S/C20H18N2O3S/c1-13(2)21-20-22(15-6-4-3-5-7-15)19(23)18(26-20)11-14-8-9-16-17(10-14)25-12-24-16/h3-11,13H,12H2,1-2H3/b18-11-,21-20?. The van der Waals surface area contributed by atoms with Gasteiger partial charge in [-0.3, -0.25) is 14.7 Å². The van der Waals surface area contributed by atoms with Crippen molar-refractivity contribution in [2.75, 3.05) is 11.7 Å². The first-order valence-corrected chi connectivity index (χ1v) is 9.20. The number of hydrogen-bond acceptors (Lipinski definition) is 5. The fraction of sp³-hybridized carbons (Fsp3) is 0.200. The Hall–Kier alpha value is -2.73. The number of ether oxygens (including phenoxy) is 2. The van der Waals surface area contributed by atoms with Gasteiger partial charge in [-0.1, -0.05) is 24.3 Å². The number of amides is 1. The maximum Gasteiger partial charge on any atom is 0.271 e. The van der Waals surface area contributed by atoms with Crippen LogP contribution in [0.2, 0.25) is 0 Å². The number of anilines is 1. The van der Waals surface area contributed by atoms with Gasteiger partial charge >= 0.3 is 0 Å². The van der Waals surface area contributed by atoms with Gasteiger partial charge in [-0.25, -0.2) is 0 Å². The van der Waals surface area contributed by atoms with E-state index < -0.39 is 0 Å². The summed E-state index contributed by atoms with van der Waals surface area (Å²) in [4.78, 5) is 20.0. The van der Waals surface area contributed by atoms with E-state index in [9.17, 15) is 4.79 Å². The number of amidine groups is 1. The first kappa shape index (κ1) is 16.7. The lowest BCUT2D eigenvalue weighted by Gasteiger charge is -2.16. The Kier molecular flexibility index (Phi) is 4.42. The number of para-hydroxylation sites is 1. The molecule has 1 fully saturated rings. The highest BCUT2D eigenvalue weighted by Gasteiger charge is 2.34. The number of rotatable bonds is 3. The smallest absolute Gasteiger partial charge is 0.271 e. The molecule has 0 unspecified atom stereocenters. The third kappa shape index (κ3) is 3.20. The van der Waals surface area contributed by atoms with Gasteiger partial charge in [0.25, 0.3) is 5.91 Å². The van der Waals surface area contributed by atoms with E-state index in [2.05, 4.69) is 4.99 Å². The second-order valence-electron chi connectivity index (χ2n) is 6.20. The number of fused-ring (bicyclic) bond motifs is 1. The van der Waals surface area contributed by atoms with Crippen molar-refractivity contribution in [2.45, 2.75) is 19.9 Å². The van der Waals surface area contributed by atoms with Gasteiger partial charge in [0.05, 0.1) is 10.6 Å². The van der Waals surface area contributed by atoms with E-state index in [0.717, 1.165) is 17.0 Å². The molecule has 0 N–H and O–H groups in total. The van der Waals surface area contributed by atoms with Crippen LogP contribution in [0.15, 0.2) is 58.4 Å². The minimum Gasteiger partial charge on any atom is -0.454 e. The fourth-order valence-corrected chi connectivity index (χ4v) is 3.85. The van der Waals surface area contributed by atoms with Crippen LogP contribution in [0, 0.1) is 0 Å². The molecule has 6 heteroatoms. The molecule has 132 valence electrons. The number of carbonyl (C=O) groups excluding carboxylic acids is 1. The van der Waals surface area contributed by atoms with E-state index >= 15 is 0 Å². The Morgan fingerprint density at radius 3 is 2.65 bits per heavy atom. The average molecular weight is 366 g/mol. The lowest BCUT2D eigenvalue weighted by molar-refractivity contribution is -0.113. The van der Waals surface area contributed by atoms with Crippen LogP contribution in [0.4, 0.5) is 5.69 Å². The molecule has 2 aliphatic rings. The van der Waals surface area contributed by atoms with Gasteiger partial charge in [-0.05, 0) is 61.5 Å². The van der Waals surface area contributed by atoms with Crippen molar-refractivity contribution < 1.29 is 14.3 Å². The predicted molar refractivity (Wildman–Crippen MR) is 105 cm³/mol. The molecule has 0 spiro atoms. The van der Waals surface area contributed by atoms with Crippen molar-refractivity contribution in [3.8, 4) is 11.5 Å². The molecule has 2 aliphatic heterocycles. The number of nitrogens with zero attached hydrogens (tertiary/aromatic N) is 2. The van der Waals surface area contributed by atoms with Crippen LogP contribution >= 0.6 is 11.8 Å². The number of benzene rings is 2. The molecule has 0 bridgehead atoms. The van der Waals surface area contributed by atoms with Gasteiger partial charge in [-0.15, -0.1) is 0 Å². The van der Waals surface area contributed by atoms with Crippen LogP contribution in [0.1, 0.15) is 19.4 Å². The first-order chi connectivity index (χ1) is 12.6. The molecule has 1 amide bonds. The SMILES string of the molecule is CC(C)N=C1S/C(=C\c2ccc3c(c2)OCO3)C(=O)N1c1ccccc1. The molecule has 2 aromatic rings.